The first-order chi connectivity index (χ1) is 10.7. The van der Waals surface area contributed by atoms with Gasteiger partial charge in [-0.25, -0.2) is 0 Å². The van der Waals surface area contributed by atoms with Crippen LogP contribution in [0, 0.1) is 0 Å². The number of hydrogen-bond donors (Lipinski definition) is 2. The van der Waals surface area contributed by atoms with Crippen LogP contribution in [-0.2, 0) is 18.9 Å². The summed E-state index contributed by atoms with van der Waals surface area (Å²) in [5.41, 5.74) is 0.854. The monoisotopic (exact) mass is 308 g/mol. The van der Waals surface area contributed by atoms with E-state index in [0.717, 1.165) is 5.56 Å². The van der Waals surface area contributed by atoms with Crippen molar-refractivity contribution in [2.24, 2.45) is 0 Å². The number of benzene rings is 1. The fourth-order valence-electron chi connectivity index (χ4n) is 2.66. The summed E-state index contributed by atoms with van der Waals surface area (Å²) in [4.78, 5) is 0. The van der Waals surface area contributed by atoms with Crippen LogP contribution in [0.3, 0.4) is 0 Å². The lowest BCUT2D eigenvalue weighted by molar-refractivity contribution is -0.360. The quantitative estimate of drug-likeness (QED) is 0.799. The van der Waals surface area contributed by atoms with Gasteiger partial charge in [0.05, 0.1) is 13.2 Å². The Morgan fingerprint density at radius 1 is 1.18 bits per heavy atom. The molecule has 0 saturated carbocycles. The molecule has 6 nitrogen and oxygen atoms in total. The van der Waals surface area contributed by atoms with E-state index < -0.39 is 37.0 Å². The Kier molecular flexibility index (Phi) is 4.87. The van der Waals surface area contributed by atoms with E-state index in [4.69, 9.17) is 18.9 Å². The highest BCUT2D eigenvalue weighted by Crippen LogP contribution is 2.34. The predicted octanol–water partition coefficient (Wildman–Crippen LogP) is 0.750. The minimum absolute atomic E-state index is 0.222. The SMILES string of the molecule is C=CCO[C@@H]1OC2COC(c3ccccc3)O[C@H]2C(O)C1O. The van der Waals surface area contributed by atoms with E-state index in [1.165, 1.54) is 0 Å². The summed E-state index contributed by atoms with van der Waals surface area (Å²) in [6.45, 7) is 4.01. The molecule has 120 valence electrons. The molecule has 6 atom stereocenters. The van der Waals surface area contributed by atoms with Gasteiger partial charge in [-0.1, -0.05) is 36.4 Å². The summed E-state index contributed by atoms with van der Waals surface area (Å²) in [7, 11) is 0. The molecule has 3 rings (SSSR count). The lowest BCUT2D eigenvalue weighted by atomic mass is 9.98. The third-order valence-corrected chi connectivity index (χ3v) is 3.78. The van der Waals surface area contributed by atoms with Gasteiger partial charge in [-0.15, -0.1) is 6.58 Å². The summed E-state index contributed by atoms with van der Waals surface area (Å²) >= 11 is 0. The lowest BCUT2D eigenvalue weighted by Gasteiger charge is -2.46. The van der Waals surface area contributed by atoms with Crippen LogP contribution in [0.5, 0.6) is 0 Å². The molecule has 2 aliphatic heterocycles. The Balaban J connectivity index is 1.69. The number of fused-ring (bicyclic) bond motifs is 1. The van der Waals surface area contributed by atoms with Crippen LogP contribution in [0.1, 0.15) is 11.9 Å². The van der Waals surface area contributed by atoms with Gasteiger partial charge in [-0.3, -0.25) is 0 Å². The van der Waals surface area contributed by atoms with Crippen molar-refractivity contribution in [2.75, 3.05) is 13.2 Å². The van der Waals surface area contributed by atoms with Crippen LogP contribution >= 0.6 is 0 Å². The molecular weight excluding hydrogens is 288 g/mol. The summed E-state index contributed by atoms with van der Waals surface area (Å²) in [5, 5.41) is 20.4. The van der Waals surface area contributed by atoms with Crippen molar-refractivity contribution < 1.29 is 29.2 Å². The van der Waals surface area contributed by atoms with Crippen LogP contribution < -0.4 is 0 Å². The molecule has 1 aromatic rings. The van der Waals surface area contributed by atoms with Crippen LogP contribution in [0.4, 0.5) is 0 Å². The summed E-state index contributed by atoms with van der Waals surface area (Å²) in [5.74, 6) is 0. The van der Waals surface area contributed by atoms with E-state index >= 15 is 0 Å². The maximum atomic E-state index is 10.3. The first-order valence-corrected chi connectivity index (χ1v) is 7.27. The molecule has 0 amide bonds. The third kappa shape index (κ3) is 3.08. The molecule has 2 heterocycles. The fraction of sp³-hybridized carbons (Fsp3) is 0.500. The molecule has 2 saturated heterocycles. The van der Waals surface area contributed by atoms with Crippen molar-refractivity contribution in [3.8, 4) is 0 Å². The highest BCUT2D eigenvalue weighted by atomic mass is 16.8. The van der Waals surface area contributed by atoms with Crippen molar-refractivity contribution in [3.63, 3.8) is 0 Å². The van der Waals surface area contributed by atoms with Crippen LogP contribution in [0.25, 0.3) is 0 Å². The smallest absolute Gasteiger partial charge is 0.187 e. The van der Waals surface area contributed by atoms with Crippen molar-refractivity contribution >= 4 is 0 Å². The number of ether oxygens (including phenoxy) is 4. The minimum Gasteiger partial charge on any atom is -0.387 e. The Hall–Kier alpha value is -1.28. The summed E-state index contributed by atoms with van der Waals surface area (Å²) in [6, 6.07) is 9.44. The molecular formula is C16H20O6. The van der Waals surface area contributed by atoms with E-state index in [0.29, 0.717) is 0 Å². The third-order valence-electron chi connectivity index (χ3n) is 3.78. The summed E-state index contributed by atoms with van der Waals surface area (Å²) < 4.78 is 22.4. The molecule has 0 aromatic heterocycles. The first-order valence-electron chi connectivity index (χ1n) is 7.27. The second kappa shape index (κ2) is 6.87. The maximum absolute atomic E-state index is 10.3. The molecule has 2 N–H and O–H groups in total. The average molecular weight is 308 g/mol. The largest absolute Gasteiger partial charge is 0.387 e. The highest BCUT2D eigenvalue weighted by molar-refractivity contribution is 5.16. The van der Waals surface area contributed by atoms with Gasteiger partial charge in [0.25, 0.3) is 0 Å². The molecule has 2 aliphatic rings. The lowest BCUT2D eigenvalue weighted by Crippen LogP contribution is -2.62. The standard InChI is InChI=1S/C16H20O6/c1-2-8-19-16-13(18)12(17)14-11(21-16)9-20-15(22-14)10-6-4-3-5-7-10/h2-7,11-18H,1,8-9H2/t11?,12?,13?,14-,15?,16-/m1/s1. The van der Waals surface area contributed by atoms with Crippen molar-refractivity contribution in [2.45, 2.75) is 37.0 Å². The zero-order chi connectivity index (χ0) is 15.5. The number of hydrogen-bond acceptors (Lipinski definition) is 6. The maximum Gasteiger partial charge on any atom is 0.187 e. The minimum atomic E-state index is -1.18. The van der Waals surface area contributed by atoms with Crippen LogP contribution in [-0.4, -0.2) is 54.1 Å². The molecule has 4 unspecified atom stereocenters. The zero-order valence-electron chi connectivity index (χ0n) is 12.1. The Morgan fingerprint density at radius 2 is 1.95 bits per heavy atom. The van der Waals surface area contributed by atoms with E-state index in [2.05, 4.69) is 6.58 Å². The molecule has 6 heteroatoms. The van der Waals surface area contributed by atoms with Gasteiger partial charge < -0.3 is 29.2 Å². The van der Waals surface area contributed by atoms with Crippen LogP contribution in [0.2, 0.25) is 0 Å². The van der Waals surface area contributed by atoms with E-state index in [1.807, 2.05) is 30.3 Å². The molecule has 0 radical (unpaired) electrons. The Labute approximate surface area is 128 Å². The van der Waals surface area contributed by atoms with E-state index in [-0.39, 0.29) is 13.2 Å². The summed E-state index contributed by atoms with van der Waals surface area (Å²) in [6.07, 6.45) is -3.41. The number of aliphatic hydroxyl groups is 2. The van der Waals surface area contributed by atoms with Crippen molar-refractivity contribution in [3.05, 3.63) is 48.6 Å². The predicted molar refractivity (Wildman–Crippen MR) is 76.8 cm³/mol. The molecule has 0 aliphatic carbocycles. The second-order valence-electron chi connectivity index (χ2n) is 5.32. The van der Waals surface area contributed by atoms with E-state index in [1.54, 1.807) is 6.08 Å². The molecule has 22 heavy (non-hydrogen) atoms. The van der Waals surface area contributed by atoms with Gasteiger partial charge in [-0.2, -0.15) is 0 Å². The molecule has 0 bridgehead atoms. The zero-order valence-corrected chi connectivity index (χ0v) is 12.1. The Bertz CT molecular complexity index is 491. The van der Waals surface area contributed by atoms with Crippen molar-refractivity contribution in [1.29, 1.82) is 0 Å². The molecule has 2 fully saturated rings. The van der Waals surface area contributed by atoms with Crippen LogP contribution in [0.15, 0.2) is 43.0 Å². The second-order valence-corrected chi connectivity index (χ2v) is 5.32. The van der Waals surface area contributed by atoms with Gasteiger partial charge >= 0.3 is 0 Å². The van der Waals surface area contributed by atoms with Crippen molar-refractivity contribution in [1.82, 2.24) is 0 Å². The van der Waals surface area contributed by atoms with Gasteiger partial charge in [0.15, 0.2) is 12.6 Å². The molecule has 1 aromatic carbocycles. The Morgan fingerprint density at radius 3 is 2.68 bits per heavy atom. The first kappa shape index (κ1) is 15.6. The number of aliphatic hydroxyl groups excluding tert-OH is 2. The van der Waals surface area contributed by atoms with Gasteiger partial charge in [0.2, 0.25) is 0 Å². The normalized spacial score (nSPS) is 38.3. The van der Waals surface area contributed by atoms with E-state index in [9.17, 15) is 10.2 Å². The molecule has 0 spiro atoms. The van der Waals surface area contributed by atoms with Gasteiger partial charge in [0, 0.05) is 5.56 Å². The number of rotatable bonds is 4. The topological polar surface area (TPSA) is 77.4 Å². The average Bonchev–Trinajstić information content (AvgIpc) is 2.57. The van der Waals surface area contributed by atoms with Gasteiger partial charge in [-0.05, 0) is 0 Å². The highest BCUT2D eigenvalue weighted by Gasteiger charge is 2.49. The fourth-order valence-corrected chi connectivity index (χ4v) is 2.66. The van der Waals surface area contributed by atoms with Gasteiger partial charge in [0.1, 0.15) is 24.4 Å².